The highest BCUT2D eigenvalue weighted by Crippen LogP contribution is 2.14. The van der Waals surface area contributed by atoms with E-state index in [9.17, 15) is 0 Å². The van der Waals surface area contributed by atoms with Crippen LogP contribution in [0.25, 0.3) is 0 Å². The second-order valence-corrected chi connectivity index (χ2v) is 5.48. The third kappa shape index (κ3) is 4.45. The van der Waals surface area contributed by atoms with Crippen LogP contribution in [0.4, 0.5) is 0 Å². The third-order valence-corrected chi connectivity index (χ3v) is 4.06. The predicted octanol–water partition coefficient (Wildman–Crippen LogP) is 2.23. The van der Waals surface area contributed by atoms with Crippen LogP contribution in [0.2, 0.25) is 0 Å². The van der Waals surface area contributed by atoms with Crippen LogP contribution in [-0.4, -0.2) is 29.8 Å². The Morgan fingerprint density at radius 2 is 2.37 bits per heavy atom. The summed E-state index contributed by atoms with van der Waals surface area (Å²) in [6.45, 7) is 5.64. The van der Waals surface area contributed by atoms with E-state index in [1.54, 1.807) is 18.4 Å². The highest BCUT2D eigenvalue weighted by atomic mass is 32.1. The van der Waals surface area contributed by atoms with E-state index < -0.39 is 0 Å². The Morgan fingerprint density at radius 1 is 1.47 bits per heavy atom. The van der Waals surface area contributed by atoms with Gasteiger partial charge in [0.15, 0.2) is 0 Å². The lowest BCUT2D eigenvalue weighted by Crippen LogP contribution is -2.18. The molecule has 104 valence electrons. The number of methoxy groups -OCH3 is 1. The topological polar surface area (TPSA) is 39.1 Å². The number of hydrogen-bond donors (Lipinski definition) is 1. The van der Waals surface area contributed by atoms with Gasteiger partial charge in [0.05, 0.1) is 17.8 Å². The van der Waals surface area contributed by atoms with Crippen LogP contribution < -0.4 is 5.32 Å². The normalized spacial score (nSPS) is 11.1. The summed E-state index contributed by atoms with van der Waals surface area (Å²) in [6.07, 6.45) is 5.40. The van der Waals surface area contributed by atoms with Crippen LogP contribution in [0.5, 0.6) is 0 Å². The molecular formula is C14H21N3OS. The van der Waals surface area contributed by atoms with E-state index in [1.807, 2.05) is 5.51 Å². The number of nitrogens with zero attached hydrogens (tertiary/aromatic N) is 2. The van der Waals surface area contributed by atoms with Crippen molar-refractivity contribution in [2.24, 2.45) is 0 Å². The van der Waals surface area contributed by atoms with E-state index in [0.29, 0.717) is 0 Å². The van der Waals surface area contributed by atoms with Crippen LogP contribution in [0.15, 0.2) is 24.0 Å². The molecule has 4 nitrogen and oxygen atoms in total. The maximum atomic E-state index is 5.00. The molecular weight excluding hydrogens is 258 g/mol. The van der Waals surface area contributed by atoms with Crippen LogP contribution in [0.3, 0.4) is 0 Å². The van der Waals surface area contributed by atoms with Crippen LogP contribution in [0.1, 0.15) is 16.1 Å². The summed E-state index contributed by atoms with van der Waals surface area (Å²) >= 11 is 1.74. The fraction of sp³-hybridized carbons (Fsp3) is 0.500. The molecule has 2 rings (SSSR count). The van der Waals surface area contributed by atoms with Crippen molar-refractivity contribution in [3.8, 4) is 0 Å². The Morgan fingerprint density at radius 3 is 3.11 bits per heavy atom. The molecule has 0 saturated carbocycles. The number of nitrogens with one attached hydrogen (secondary N) is 1. The Labute approximate surface area is 118 Å². The second kappa shape index (κ2) is 7.43. The van der Waals surface area contributed by atoms with Gasteiger partial charge in [-0.15, -0.1) is 11.3 Å². The summed E-state index contributed by atoms with van der Waals surface area (Å²) in [5.74, 6) is 0. The minimum absolute atomic E-state index is 0.755. The molecule has 0 unspecified atom stereocenters. The van der Waals surface area contributed by atoms with E-state index in [-0.39, 0.29) is 0 Å². The van der Waals surface area contributed by atoms with Gasteiger partial charge in [0.2, 0.25) is 0 Å². The lowest BCUT2D eigenvalue weighted by Gasteiger charge is -2.03. The van der Waals surface area contributed by atoms with Gasteiger partial charge in [-0.2, -0.15) is 0 Å². The van der Waals surface area contributed by atoms with Crippen molar-refractivity contribution in [2.45, 2.75) is 26.4 Å². The van der Waals surface area contributed by atoms with Gasteiger partial charge >= 0.3 is 0 Å². The summed E-state index contributed by atoms with van der Waals surface area (Å²) in [6, 6.07) is 2.17. The van der Waals surface area contributed by atoms with Crippen molar-refractivity contribution in [2.75, 3.05) is 20.3 Å². The Hall–Kier alpha value is -1.17. The lowest BCUT2D eigenvalue weighted by atomic mass is 10.3. The number of aryl methyl sites for hydroxylation is 3. The molecule has 2 aromatic heterocycles. The number of aromatic nitrogens is 2. The van der Waals surface area contributed by atoms with E-state index >= 15 is 0 Å². The van der Waals surface area contributed by atoms with Crippen molar-refractivity contribution < 1.29 is 4.74 Å². The monoisotopic (exact) mass is 279 g/mol. The summed E-state index contributed by atoms with van der Waals surface area (Å²) in [7, 11) is 1.72. The molecule has 0 aliphatic heterocycles. The fourth-order valence-electron chi connectivity index (χ4n) is 1.94. The third-order valence-electron chi connectivity index (χ3n) is 3.07. The van der Waals surface area contributed by atoms with Gasteiger partial charge in [-0.3, -0.25) is 0 Å². The number of ether oxygens (including phenoxy) is 1. The van der Waals surface area contributed by atoms with Crippen molar-refractivity contribution in [3.63, 3.8) is 0 Å². The van der Waals surface area contributed by atoms with Crippen molar-refractivity contribution in [3.05, 3.63) is 40.1 Å². The minimum Gasteiger partial charge on any atom is -0.383 e. The van der Waals surface area contributed by atoms with Crippen LogP contribution >= 0.6 is 11.3 Å². The zero-order valence-electron chi connectivity index (χ0n) is 11.6. The number of thiazole rings is 1. The van der Waals surface area contributed by atoms with Gasteiger partial charge in [0.25, 0.3) is 0 Å². The fourth-order valence-corrected chi connectivity index (χ4v) is 2.71. The molecule has 0 atom stereocenters. The first-order chi connectivity index (χ1) is 9.29. The van der Waals surface area contributed by atoms with Crippen molar-refractivity contribution in [1.82, 2.24) is 14.9 Å². The molecule has 1 N–H and O–H groups in total. The molecule has 0 spiro atoms. The Kier molecular flexibility index (Phi) is 5.57. The smallest absolute Gasteiger partial charge is 0.0797 e. The molecule has 0 bridgehead atoms. The zero-order chi connectivity index (χ0) is 13.5. The Bertz CT molecular complexity index is 492. The molecule has 2 heterocycles. The average Bonchev–Trinajstić information content (AvgIpc) is 3.01. The molecule has 5 heteroatoms. The maximum Gasteiger partial charge on any atom is 0.0797 e. The summed E-state index contributed by atoms with van der Waals surface area (Å²) in [5, 5.41) is 3.35. The zero-order valence-corrected chi connectivity index (χ0v) is 12.4. The molecule has 0 fully saturated rings. The molecule has 19 heavy (non-hydrogen) atoms. The molecule has 0 amide bonds. The van der Waals surface area contributed by atoms with E-state index in [2.05, 4.69) is 40.3 Å². The molecule has 2 aromatic rings. The minimum atomic E-state index is 0.755. The molecule has 0 aliphatic carbocycles. The maximum absolute atomic E-state index is 5.00. The quantitative estimate of drug-likeness (QED) is 0.753. The number of rotatable bonds is 8. The summed E-state index contributed by atoms with van der Waals surface area (Å²) in [4.78, 5) is 5.66. The largest absolute Gasteiger partial charge is 0.383 e. The molecule has 0 aliphatic rings. The number of hydrogen-bond acceptors (Lipinski definition) is 4. The van der Waals surface area contributed by atoms with Gasteiger partial charge < -0.3 is 14.6 Å². The first kappa shape index (κ1) is 14.2. The first-order valence-electron chi connectivity index (χ1n) is 6.53. The molecule has 0 saturated heterocycles. The van der Waals surface area contributed by atoms with E-state index in [0.717, 1.165) is 32.7 Å². The SMILES string of the molecule is COCCNCc1ccn(CCc2scnc2C)c1. The Balaban J connectivity index is 1.76. The highest BCUT2D eigenvalue weighted by molar-refractivity contribution is 7.09. The van der Waals surface area contributed by atoms with Gasteiger partial charge in [-0.25, -0.2) is 4.98 Å². The van der Waals surface area contributed by atoms with Gasteiger partial charge in [-0.05, 0) is 18.6 Å². The van der Waals surface area contributed by atoms with Gasteiger partial charge in [0.1, 0.15) is 0 Å². The first-order valence-corrected chi connectivity index (χ1v) is 7.41. The van der Waals surface area contributed by atoms with Crippen LogP contribution in [-0.2, 0) is 24.2 Å². The lowest BCUT2D eigenvalue weighted by molar-refractivity contribution is 0.199. The van der Waals surface area contributed by atoms with Gasteiger partial charge in [0, 0.05) is 50.4 Å². The van der Waals surface area contributed by atoms with E-state index in [1.165, 1.54) is 16.1 Å². The average molecular weight is 279 g/mol. The standard InChI is InChI=1S/C14H21N3OS/c1-12-14(19-11-16-12)4-7-17-6-3-13(10-17)9-15-5-8-18-2/h3,6,10-11,15H,4-5,7-9H2,1-2H3. The van der Waals surface area contributed by atoms with E-state index in [4.69, 9.17) is 4.74 Å². The molecule has 0 aromatic carbocycles. The van der Waals surface area contributed by atoms with Crippen molar-refractivity contribution in [1.29, 1.82) is 0 Å². The van der Waals surface area contributed by atoms with Gasteiger partial charge in [-0.1, -0.05) is 0 Å². The summed E-state index contributed by atoms with van der Waals surface area (Å²) in [5.41, 5.74) is 4.40. The highest BCUT2D eigenvalue weighted by Gasteiger charge is 2.02. The van der Waals surface area contributed by atoms with Crippen molar-refractivity contribution >= 4 is 11.3 Å². The predicted molar refractivity (Wildman–Crippen MR) is 78.6 cm³/mol. The second-order valence-electron chi connectivity index (χ2n) is 4.54. The molecule has 0 radical (unpaired) electrons. The summed E-state index contributed by atoms with van der Waals surface area (Å²) < 4.78 is 7.25. The van der Waals surface area contributed by atoms with Crippen LogP contribution in [0, 0.1) is 6.92 Å².